The molecule has 0 fully saturated rings. The minimum Gasteiger partial charge on any atom is -0.479 e. The Morgan fingerprint density at radius 3 is 2.09 bits per heavy atom. The van der Waals surface area contributed by atoms with E-state index in [4.69, 9.17) is 14.3 Å². The van der Waals surface area contributed by atoms with Crippen LogP contribution in [0.2, 0.25) is 0 Å². The van der Waals surface area contributed by atoms with Crippen LogP contribution in [0.15, 0.2) is 78.9 Å². The van der Waals surface area contributed by atoms with Gasteiger partial charge >= 0.3 is 12.1 Å². The monoisotopic (exact) mass is 433 g/mol. The van der Waals surface area contributed by atoms with Crippen LogP contribution in [0, 0.1) is 0 Å². The number of hydrogen-bond acceptors (Lipinski definition) is 5. The van der Waals surface area contributed by atoms with E-state index in [2.05, 4.69) is 5.48 Å². The van der Waals surface area contributed by atoms with Crippen LogP contribution in [0.3, 0.4) is 0 Å². The van der Waals surface area contributed by atoms with E-state index < -0.39 is 18.2 Å². The Morgan fingerprint density at radius 1 is 0.875 bits per heavy atom. The minimum absolute atomic E-state index is 0.0994. The molecule has 0 bridgehead atoms. The Kier molecular flexibility index (Phi) is 6.79. The minimum atomic E-state index is -1.36. The van der Waals surface area contributed by atoms with Crippen LogP contribution in [0.4, 0.5) is 4.79 Å². The molecular formula is C25H23NO6. The fourth-order valence-corrected chi connectivity index (χ4v) is 3.76. The molecule has 3 aromatic rings. The lowest BCUT2D eigenvalue weighted by molar-refractivity contribution is -0.160. The average Bonchev–Trinajstić information content (AvgIpc) is 3.14. The lowest BCUT2D eigenvalue weighted by Gasteiger charge is -2.16. The standard InChI is InChI=1S/C25H23NO6/c27-24(28)23(16-30-14-17-8-2-1-3-9-17)32-26-25(29)31-15-22-20-12-6-4-10-18(20)19-11-5-7-13-21(19)22/h1-13,22-23H,14-16H2,(H,26,29)(H,27,28)/t23-/m1/s1. The summed E-state index contributed by atoms with van der Waals surface area (Å²) >= 11 is 0. The van der Waals surface area contributed by atoms with E-state index in [1.165, 1.54) is 0 Å². The van der Waals surface area contributed by atoms with Crippen LogP contribution < -0.4 is 5.48 Å². The number of hydroxylamine groups is 1. The van der Waals surface area contributed by atoms with E-state index in [0.29, 0.717) is 0 Å². The molecule has 32 heavy (non-hydrogen) atoms. The first-order valence-corrected chi connectivity index (χ1v) is 10.2. The second kappa shape index (κ2) is 10.1. The number of fused-ring (bicyclic) bond motifs is 3. The molecule has 0 saturated heterocycles. The third kappa shape index (κ3) is 4.96. The average molecular weight is 433 g/mol. The quantitative estimate of drug-likeness (QED) is 0.493. The number of amides is 1. The van der Waals surface area contributed by atoms with Gasteiger partial charge in [0.2, 0.25) is 6.10 Å². The summed E-state index contributed by atoms with van der Waals surface area (Å²) in [5.74, 6) is -1.35. The number of aliphatic carboxylic acids is 1. The number of benzene rings is 3. The van der Waals surface area contributed by atoms with Gasteiger partial charge in [0, 0.05) is 5.92 Å². The summed E-state index contributed by atoms with van der Waals surface area (Å²) in [5, 5.41) is 9.31. The van der Waals surface area contributed by atoms with Gasteiger partial charge < -0.3 is 14.6 Å². The summed E-state index contributed by atoms with van der Waals surface area (Å²) in [6.07, 6.45) is -2.22. The highest BCUT2D eigenvalue weighted by molar-refractivity contribution is 5.79. The molecule has 1 amide bonds. The Balaban J connectivity index is 1.28. The van der Waals surface area contributed by atoms with Crippen LogP contribution in [0.5, 0.6) is 0 Å². The van der Waals surface area contributed by atoms with Crippen molar-refractivity contribution in [2.75, 3.05) is 13.2 Å². The zero-order valence-corrected chi connectivity index (χ0v) is 17.3. The molecule has 0 radical (unpaired) electrons. The first-order chi connectivity index (χ1) is 15.6. The van der Waals surface area contributed by atoms with Gasteiger partial charge in [-0.3, -0.25) is 4.84 Å². The molecule has 0 aliphatic heterocycles. The second-order valence-electron chi connectivity index (χ2n) is 7.37. The van der Waals surface area contributed by atoms with Gasteiger partial charge in [-0.25, -0.2) is 9.59 Å². The smallest absolute Gasteiger partial charge is 0.431 e. The SMILES string of the molecule is O=C(NO[C@H](COCc1ccccc1)C(=O)O)OCC1c2ccccc2-c2ccccc21. The molecule has 0 heterocycles. The first-order valence-electron chi connectivity index (χ1n) is 10.2. The topological polar surface area (TPSA) is 94.1 Å². The molecule has 164 valence electrons. The molecule has 1 aliphatic rings. The van der Waals surface area contributed by atoms with Crippen LogP contribution in [0.1, 0.15) is 22.6 Å². The lowest BCUT2D eigenvalue weighted by atomic mass is 9.98. The molecule has 1 atom stereocenters. The molecule has 0 saturated carbocycles. The van der Waals surface area contributed by atoms with Crippen molar-refractivity contribution in [3.63, 3.8) is 0 Å². The maximum absolute atomic E-state index is 12.2. The van der Waals surface area contributed by atoms with Gasteiger partial charge in [0.05, 0.1) is 13.2 Å². The van der Waals surface area contributed by atoms with Crippen molar-refractivity contribution in [3.05, 3.63) is 95.6 Å². The predicted octanol–water partition coefficient (Wildman–Crippen LogP) is 4.13. The maximum atomic E-state index is 12.2. The Morgan fingerprint density at radius 2 is 1.47 bits per heavy atom. The van der Waals surface area contributed by atoms with Crippen molar-refractivity contribution in [3.8, 4) is 11.1 Å². The van der Waals surface area contributed by atoms with E-state index >= 15 is 0 Å². The molecule has 2 N–H and O–H groups in total. The highest BCUT2D eigenvalue weighted by atomic mass is 16.7. The molecule has 4 rings (SSSR count). The molecular weight excluding hydrogens is 410 g/mol. The molecule has 7 heteroatoms. The van der Waals surface area contributed by atoms with Gasteiger partial charge in [0.1, 0.15) is 6.61 Å². The summed E-state index contributed by atoms with van der Waals surface area (Å²) in [6, 6.07) is 25.3. The normalized spacial score (nSPS) is 13.1. The zero-order valence-electron chi connectivity index (χ0n) is 17.3. The van der Waals surface area contributed by atoms with Crippen molar-refractivity contribution in [2.45, 2.75) is 18.6 Å². The molecule has 0 unspecified atom stereocenters. The van der Waals surface area contributed by atoms with Gasteiger partial charge in [0.25, 0.3) is 0 Å². The fourth-order valence-electron chi connectivity index (χ4n) is 3.76. The van der Waals surface area contributed by atoms with E-state index in [1.54, 1.807) is 0 Å². The second-order valence-corrected chi connectivity index (χ2v) is 7.37. The number of carboxylic acids is 1. The van der Waals surface area contributed by atoms with Gasteiger partial charge in [-0.05, 0) is 27.8 Å². The fraction of sp³-hybridized carbons (Fsp3) is 0.200. The summed E-state index contributed by atoms with van der Waals surface area (Å²) in [4.78, 5) is 28.6. The maximum Gasteiger partial charge on any atom is 0.431 e. The first kappa shape index (κ1) is 21.5. The number of nitrogens with one attached hydrogen (secondary N) is 1. The Bertz CT molecular complexity index is 1040. The van der Waals surface area contributed by atoms with Gasteiger partial charge in [-0.2, -0.15) is 5.48 Å². The number of rotatable bonds is 9. The highest BCUT2D eigenvalue weighted by Crippen LogP contribution is 2.44. The van der Waals surface area contributed by atoms with Crippen molar-refractivity contribution in [1.29, 1.82) is 0 Å². The molecule has 0 spiro atoms. The Labute approximate surface area is 185 Å². The summed E-state index contributed by atoms with van der Waals surface area (Å²) < 4.78 is 10.7. The highest BCUT2D eigenvalue weighted by Gasteiger charge is 2.29. The van der Waals surface area contributed by atoms with Crippen molar-refractivity contribution in [2.24, 2.45) is 0 Å². The molecule has 7 nitrogen and oxygen atoms in total. The third-order valence-electron chi connectivity index (χ3n) is 5.28. The molecule has 1 aliphatic carbocycles. The molecule has 3 aromatic carbocycles. The largest absolute Gasteiger partial charge is 0.479 e. The predicted molar refractivity (Wildman–Crippen MR) is 117 cm³/mol. The number of carbonyl (C=O) groups is 2. The molecule has 0 aromatic heterocycles. The van der Waals surface area contributed by atoms with Gasteiger partial charge in [-0.15, -0.1) is 0 Å². The lowest BCUT2D eigenvalue weighted by Crippen LogP contribution is -2.38. The van der Waals surface area contributed by atoms with Crippen molar-refractivity contribution >= 4 is 12.1 Å². The summed E-state index contributed by atoms with van der Waals surface area (Å²) in [6.45, 7) is 0.109. The van der Waals surface area contributed by atoms with Crippen LogP contribution >= 0.6 is 0 Å². The van der Waals surface area contributed by atoms with Gasteiger partial charge in [0.15, 0.2) is 0 Å². The van der Waals surface area contributed by atoms with Crippen molar-refractivity contribution in [1.82, 2.24) is 5.48 Å². The van der Waals surface area contributed by atoms with Gasteiger partial charge in [-0.1, -0.05) is 78.9 Å². The summed E-state index contributed by atoms with van der Waals surface area (Å²) in [7, 11) is 0. The number of carboxylic acid groups (broad SMARTS) is 1. The number of carbonyl (C=O) groups excluding carboxylic acids is 1. The van der Waals surface area contributed by atoms with Crippen LogP contribution in [0.25, 0.3) is 11.1 Å². The number of hydrogen-bond donors (Lipinski definition) is 2. The van der Waals surface area contributed by atoms with E-state index in [0.717, 1.165) is 27.8 Å². The number of ether oxygens (including phenoxy) is 2. The van der Waals surface area contributed by atoms with E-state index in [1.807, 2.05) is 78.9 Å². The zero-order chi connectivity index (χ0) is 22.3. The van der Waals surface area contributed by atoms with E-state index in [-0.39, 0.29) is 25.7 Å². The van der Waals surface area contributed by atoms with Crippen LogP contribution in [-0.2, 0) is 25.7 Å². The van der Waals surface area contributed by atoms with Crippen molar-refractivity contribution < 1.29 is 29.0 Å². The third-order valence-corrected chi connectivity index (χ3v) is 5.28. The Hall–Kier alpha value is -3.68. The van der Waals surface area contributed by atoms with E-state index in [9.17, 15) is 14.7 Å². The summed E-state index contributed by atoms with van der Waals surface area (Å²) in [5.41, 5.74) is 7.37. The van der Waals surface area contributed by atoms with Crippen LogP contribution in [-0.4, -0.2) is 36.5 Å².